The predicted molar refractivity (Wildman–Crippen MR) is 88.9 cm³/mol. The number of hydrogen-bond acceptors (Lipinski definition) is 4. The van der Waals surface area contributed by atoms with Crippen LogP contribution >= 0.6 is 0 Å². The zero-order chi connectivity index (χ0) is 17.8. The Morgan fingerprint density at radius 3 is 2.60 bits per heavy atom. The van der Waals surface area contributed by atoms with Gasteiger partial charge in [0.1, 0.15) is 5.75 Å². The number of carboxylic acids is 1. The molecular formula is C19H16N2O4. The van der Waals surface area contributed by atoms with Gasteiger partial charge in [0.15, 0.2) is 12.6 Å². The first-order chi connectivity index (χ1) is 12.1. The maximum Gasteiger partial charge on any atom is 0.331 e. The standard InChI is InChI=1S/C19H16N2O4/c20-11-13-5-7-15(8-6-13)25-12-17(22)21-10-9-14-3-1-2-4-16(14)18(21)19(23)24/h1-8,18H,9-10,12H2,(H,23,24). The van der Waals surface area contributed by atoms with E-state index < -0.39 is 12.0 Å². The Morgan fingerprint density at radius 2 is 1.92 bits per heavy atom. The number of aliphatic carboxylic acids is 1. The van der Waals surface area contributed by atoms with Gasteiger partial charge in [-0.15, -0.1) is 0 Å². The van der Waals surface area contributed by atoms with Crippen molar-refractivity contribution in [2.45, 2.75) is 12.5 Å². The van der Waals surface area contributed by atoms with Gasteiger partial charge in [-0.1, -0.05) is 24.3 Å². The number of benzene rings is 2. The van der Waals surface area contributed by atoms with Crippen molar-refractivity contribution >= 4 is 11.9 Å². The van der Waals surface area contributed by atoms with E-state index in [4.69, 9.17) is 10.00 Å². The van der Waals surface area contributed by atoms with E-state index in [1.54, 1.807) is 36.4 Å². The smallest absolute Gasteiger partial charge is 0.331 e. The molecule has 0 fully saturated rings. The normalized spacial score (nSPS) is 15.8. The fourth-order valence-electron chi connectivity index (χ4n) is 2.96. The van der Waals surface area contributed by atoms with Gasteiger partial charge in [0, 0.05) is 6.54 Å². The Balaban J connectivity index is 1.72. The fraction of sp³-hybridized carbons (Fsp3) is 0.211. The highest BCUT2D eigenvalue weighted by Gasteiger charge is 2.35. The Hall–Kier alpha value is -3.33. The van der Waals surface area contributed by atoms with E-state index in [9.17, 15) is 14.7 Å². The summed E-state index contributed by atoms with van der Waals surface area (Å²) in [6.45, 7) is 0.0847. The molecule has 0 bridgehead atoms. The van der Waals surface area contributed by atoms with Crippen molar-refractivity contribution in [2.75, 3.05) is 13.2 Å². The molecule has 1 aliphatic rings. The van der Waals surface area contributed by atoms with Gasteiger partial charge < -0.3 is 14.7 Å². The van der Waals surface area contributed by atoms with Crippen LogP contribution in [0.3, 0.4) is 0 Å². The van der Waals surface area contributed by atoms with Crippen LogP contribution in [-0.2, 0) is 16.0 Å². The lowest BCUT2D eigenvalue weighted by atomic mass is 9.92. The topological polar surface area (TPSA) is 90.6 Å². The van der Waals surface area contributed by atoms with Crippen molar-refractivity contribution in [1.29, 1.82) is 5.26 Å². The maximum absolute atomic E-state index is 12.5. The summed E-state index contributed by atoms with van der Waals surface area (Å²) in [5.41, 5.74) is 2.09. The van der Waals surface area contributed by atoms with Crippen LogP contribution in [0.25, 0.3) is 0 Å². The summed E-state index contributed by atoms with van der Waals surface area (Å²) in [5, 5.41) is 18.4. The van der Waals surface area contributed by atoms with Gasteiger partial charge in [-0.2, -0.15) is 5.26 Å². The second kappa shape index (κ2) is 7.05. The van der Waals surface area contributed by atoms with Gasteiger partial charge in [-0.25, -0.2) is 4.79 Å². The largest absolute Gasteiger partial charge is 0.484 e. The summed E-state index contributed by atoms with van der Waals surface area (Å²) < 4.78 is 5.44. The van der Waals surface area contributed by atoms with E-state index in [1.165, 1.54) is 4.90 Å². The molecule has 6 heteroatoms. The first-order valence-corrected chi connectivity index (χ1v) is 7.83. The molecule has 6 nitrogen and oxygen atoms in total. The second-order valence-electron chi connectivity index (χ2n) is 5.70. The molecule has 126 valence electrons. The summed E-state index contributed by atoms with van der Waals surface area (Å²) in [7, 11) is 0. The number of fused-ring (bicyclic) bond motifs is 1. The fourth-order valence-corrected chi connectivity index (χ4v) is 2.96. The number of nitriles is 1. The molecule has 1 unspecified atom stereocenters. The molecular weight excluding hydrogens is 320 g/mol. The van der Waals surface area contributed by atoms with Crippen LogP contribution in [0, 0.1) is 11.3 Å². The van der Waals surface area contributed by atoms with Gasteiger partial charge in [-0.3, -0.25) is 4.79 Å². The zero-order valence-corrected chi connectivity index (χ0v) is 13.4. The number of nitrogens with zero attached hydrogens (tertiary/aromatic N) is 2. The summed E-state index contributed by atoms with van der Waals surface area (Å²) in [6, 6.07) is 14.7. The SMILES string of the molecule is N#Cc1ccc(OCC(=O)N2CCc3ccccc3C2C(=O)O)cc1. The van der Waals surface area contributed by atoms with Crippen LogP contribution in [0.2, 0.25) is 0 Å². The molecule has 25 heavy (non-hydrogen) atoms. The van der Waals surface area contributed by atoms with Gasteiger partial charge >= 0.3 is 5.97 Å². The van der Waals surface area contributed by atoms with E-state index >= 15 is 0 Å². The molecule has 0 radical (unpaired) electrons. The summed E-state index contributed by atoms with van der Waals surface area (Å²) in [5.74, 6) is -0.984. The molecule has 1 heterocycles. The van der Waals surface area contributed by atoms with Crippen LogP contribution in [0.4, 0.5) is 0 Å². The number of hydrogen-bond donors (Lipinski definition) is 1. The van der Waals surface area contributed by atoms with Gasteiger partial charge in [0.25, 0.3) is 5.91 Å². The number of rotatable bonds is 4. The monoisotopic (exact) mass is 336 g/mol. The van der Waals surface area contributed by atoms with E-state index in [0.717, 1.165) is 5.56 Å². The third kappa shape index (κ3) is 3.45. The zero-order valence-electron chi connectivity index (χ0n) is 13.4. The highest BCUT2D eigenvalue weighted by atomic mass is 16.5. The van der Waals surface area contributed by atoms with Crippen molar-refractivity contribution in [3.63, 3.8) is 0 Å². The maximum atomic E-state index is 12.5. The minimum atomic E-state index is -1.06. The lowest BCUT2D eigenvalue weighted by Gasteiger charge is -2.34. The molecule has 1 aliphatic heterocycles. The quantitative estimate of drug-likeness (QED) is 0.924. The number of ether oxygens (including phenoxy) is 1. The van der Waals surface area contributed by atoms with Crippen molar-refractivity contribution in [1.82, 2.24) is 4.90 Å². The molecule has 1 atom stereocenters. The number of amides is 1. The highest BCUT2D eigenvalue weighted by Crippen LogP contribution is 2.30. The molecule has 0 aromatic heterocycles. The Labute approximate surface area is 144 Å². The molecule has 2 aromatic carbocycles. The average molecular weight is 336 g/mol. The third-order valence-electron chi connectivity index (χ3n) is 4.18. The third-order valence-corrected chi connectivity index (χ3v) is 4.18. The second-order valence-corrected chi connectivity index (χ2v) is 5.70. The minimum Gasteiger partial charge on any atom is -0.484 e. The molecule has 0 saturated carbocycles. The van der Waals surface area contributed by atoms with Crippen LogP contribution in [0.5, 0.6) is 5.75 Å². The van der Waals surface area contributed by atoms with Crippen molar-refractivity contribution < 1.29 is 19.4 Å². The molecule has 3 rings (SSSR count). The predicted octanol–water partition coefficient (Wildman–Crippen LogP) is 2.15. The molecule has 0 saturated heterocycles. The molecule has 0 spiro atoms. The highest BCUT2D eigenvalue weighted by molar-refractivity contribution is 5.86. The molecule has 2 aromatic rings. The van der Waals surface area contributed by atoms with E-state index in [1.807, 2.05) is 18.2 Å². The summed E-state index contributed by atoms with van der Waals surface area (Å²) in [6.07, 6.45) is 0.614. The Kier molecular flexibility index (Phi) is 4.66. The van der Waals surface area contributed by atoms with Crippen LogP contribution < -0.4 is 4.74 Å². The van der Waals surface area contributed by atoms with Crippen molar-refractivity contribution in [2.24, 2.45) is 0 Å². The summed E-state index contributed by atoms with van der Waals surface area (Å²) >= 11 is 0. The number of carboxylic acid groups (broad SMARTS) is 1. The van der Waals surface area contributed by atoms with E-state index in [-0.39, 0.29) is 12.5 Å². The molecule has 1 N–H and O–H groups in total. The van der Waals surface area contributed by atoms with Crippen LogP contribution in [-0.4, -0.2) is 35.0 Å². The minimum absolute atomic E-state index is 0.252. The Morgan fingerprint density at radius 1 is 1.20 bits per heavy atom. The number of carbonyl (C=O) groups excluding carboxylic acids is 1. The van der Waals surface area contributed by atoms with Crippen molar-refractivity contribution in [3.05, 3.63) is 65.2 Å². The number of carbonyl (C=O) groups is 2. The lowest BCUT2D eigenvalue weighted by molar-refractivity contribution is -0.152. The first-order valence-electron chi connectivity index (χ1n) is 7.83. The van der Waals surface area contributed by atoms with Gasteiger partial charge in [0.05, 0.1) is 11.6 Å². The van der Waals surface area contributed by atoms with E-state index in [2.05, 4.69) is 0 Å². The molecule has 0 aliphatic carbocycles. The average Bonchev–Trinajstić information content (AvgIpc) is 2.65. The van der Waals surface area contributed by atoms with Crippen LogP contribution in [0.1, 0.15) is 22.7 Å². The lowest BCUT2D eigenvalue weighted by Crippen LogP contribution is -2.45. The molecule has 1 amide bonds. The summed E-state index contributed by atoms with van der Waals surface area (Å²) in [4.78, 5) is 25.6. The first kappa shape index (κ1) is 16.5. The van der Waals surface area contributed by atoms with Gasteiger partial charge in [0.2, 0.25) is 0 Å². The van der Waals surface area contributed by atoms with Gasteiger partial charge in [-0.05, 0) is 41.8 Å². The van der Waals surface area contributed by atoms with E-state index in [0.29, 0.717) is 29.8 Å². The van der Waals surface area contributed by atoms with Crippen molar-refractivity contribution in [3.8, 4) is 11.8 Å². The van der Waals surface area contributed by atoms with Crippen LogP contribution in [0.15, 0.2) is 48.5 Å². The Bertz CT molecular complexity index is 839.